The average molecular weight is 704 g/mol. The minimum Gasteiger partial charge on any atom is -0.463 e. The van der Waals surface area contributed by atoms with Crippen LogP contribution < -0.4 is 26.8 Å². The highest BCUT2D eigenvalue weighted by Gasteiger charge is 2.56. The van der Waals surface area contributed by atoms with E-state index in [1.807, 2.05) is 6.07 Å². The SMILES string of the molecule is NC(=O)CCC(N)C(=O)OCCn1cc(-c2cc3nccc(Oc4ccc(NC(=O)C5(C(=O)Nc6ccc(F)cc6)CC5)cc4F)c3s2)cn1. The highest BCUT2D eigenvalue weighted by atomic mass is 32.1. The number of fused-ring (bicyclic) bond motifs is 1. The Balaban J connectivity index is 1.07. The van der Waals surface area contributed by atoms with Crippen LogP contribution in [0.25, 0.3) is 20.7 Å². The zero-order valence-corrected chi connectivity index (χ0v) is 27.2. The third-order valence-corrected chi connectivity index (χ3v) is 9.18. The van der Waals surface area contributed by atoms with Gasteiger partial charge in [-0.05, 0) is 61.7 Å². The highest BCUT2D eigenvalue weighted by molar-refractivity contribution is 7.22. The molecule has 5 aromatic rings. The molecule has 6 N–H and O–H groups in total. The lowest BCUT2D eigenvalue weighted by molar-refractivity contribution is -0.145. The zero-order chi connectivity index (χ0) is 35.4. The van der Waals surface area contributed by atoms with Crippen LogP contribution in [0.15, 0.2) is 73.2 Å². The number of aromatic nitrogens is 3. The van der Waals surface area contributed by atoms with E-state index in [0.717, 1.165) is 16.5 Å². The average Bonchev–Trinajstić information content (AvgIpc) is 3.58. The second kappa shape index (κ2) is 14.4. The number of primary amides is 1. The van der Waals surface area contributed by atoms with E-state index in [9.17, 15) is 23.6 Å². The van der Waals surface area contributed by atoms with Crippen molar-refractivity contribution in [3.63, 3.8) is 0 Å². The Kier molecular flexibility index (Phi) is 9.83. The monoisotopic (exact) mass is 703 g/mol. The van der Waals surface area contributed by atoms with E-state index in [1.54, 1.807) is 29.3 Å². The predicted molar refractivity (Wildman–Crippen MR) is 180 cm³/mol. The molecule has 258 valence electrons. The molecule has 0 saturated heterocycles. The topological polar surface area (TPSA) is 194 Å². The molecule has 0 radical (unpaired) electrons. The van der Waals surface area contributed by atoms with Crippen molar-refractivity contribution in [2.24, 2.45) is 16.9 Å². The summed E-state index contributed by atoms with van der Waals surface area (Å²) in [5.74, 6) is -3.18. The fourth-order valence-corrected chi connectivity index (χ4v) is 6.05. The number of nitrogens with one attached hydrogen (secondary N) is 2. The number of thiophene rings is 1. The molecule has 1 saturated carbocycles. The summed E-state index contributed by atoms with van der Waals surface area (Å²) in [5, 5.41) is 9.57. The largest absolute Gasteiger partial charge is 0.463 e. The molecule has 13 nitrogen and oxygen atoms in total. The number of hydrogen-bond acceptors (Lipinski definition) is 10. The molecule has 3 amide bonds. The number of hydrogen-bond donors (Lipinski definition) is 4. The van der Waals surface area contributed by atoms with Gasteiger partial charge < -0.3 is 31.6 Å². The Bertz CT molecular complexity index is 2080. The van der Waals surface area contributed by atoms with Crippen LogP contribution in [-0.4, -0.2) is 51.1 Å². The fraction of sp³-hybridized carbons (Fsp3) is 0.235. The fourth-order valence-electron chi connectivity index (χ4n) is 5.01. The molecule has 0 aliphatic heterocycles. The lowest BCUT2D eigenvalue weighted by Crippen LogP contribution is -2.35. The molecule has 1 aliphatic rings. The Labute approximate surface area is 287 Å². The van der Waals surface area contributed by atoms with Gasteiger partial charge in [-0.25, -0.2) is 8.78 Å². The molecular weight excluding hydrogens is 672 g/mol. The predicted octanol–water partition coefficient (Wildman–Crippen LogP) is 4.72. The number of carbonyl (C=O) groups is 4. The first kappa shape index (κ1) is 34.1. The van der Waals surface area contributed by atoms with Gasteiger partial charge in [0.05, 0.1) is 23.0 Å². The van der Waals surface area contributed by atoms with Crippen molar-refractivity contribution < 1.29 is 37.4 Å². The number of nitrogens with two attached hydrogens (primary N) is 2. The Morgan fingerprint density at radius 1 is 0.980 bits per heavy atom. The summed E-state index contributed by atoms with van der Waals surface area (Å²) in [6.45, 7) is 0.295. The molecule has 3 aromatic heterocycles. The summed E-state index contributed by atoms with van der Waals surface area (Å²) in [6.07, 6.45) is 5.70. The lowest BCUT2D eigenvalue weighted by Gasteiger charge is -2.16. The number of esters is 1. The highest BCUT2D eigenvalue weighted by Crippen LogP contribution is 2.48. The Hall–Kier alpha value is -5.74. The number of amides is 3. The molecule has 0 spiro atoms. The number of carbonyl (C=O) groups excluding carboxylic acids is 4. The van der Waals surface area contributed by atoms with E-state index in [-0.39, 0.29) is 37.4 Å². The van der Waals surface area contributed by atoms with Crippen LogP contribution in [0.4, 0.5) is 20.2 Å². The Morgan fingerprint density at radius 2 is 1.70 bits per heavy atom. The van der Waals surface area contributed by atoms with Gasteiger partial charge in [-0.3, -0.25) is 28.8 Å². The molecule has 1 atom stereocenters. The van der Waals surface area contributed by atoms with Crippen molar-refractivity contribution in [1.82, 2.24) is 14.8 Å². The number of halogens is 2. The molecule has 50 heavy (non-hydrogen) atoms. The second-order valence-corrected chi connectivity index (χ2v) is 12.7. The molecule has 6 rings (SSSR count). The van der Waals surface area contributed by atoms with E-state index in [0.29, 0.717) is 34.5 Å². The first-order valence-electron chi connectivity index (χ1n) is 15.5. The van der Waals surface area contributed by atoms with Gasteiger partial charge in [0.2, 0.25) is 17.7 Å². The van der Waals surface area contributed by atoms with Gasteiger partial charge in [0.15, 0.2) is 11.6 Å². The molecule has 1 fully saturated rings. The van der Waals surface area contributed by atoms with Crippen molar-refractivity contribution in [3.8, 4) is 21.9 Å². The molecular formula is C34H31F2N7O6S. The van der Waals surface area contributed by atoms with Crippen molar-refractivity contribution in [1.29, 1.82) is 0 Å². The Morgan fingerprint density at radius 3 is 2.40 bits per heavy atom. The van der Waals surface area contributed by atoms with Gasteiger partial charge >= 0.3 is 5.97 Å². The number of nitrogens with zero attached hydrogens (tertiary/aromatic N) is 3. The summed E-state index contributed by atoms with van der Waals surface area (Å²) in [5.41, 5.74) is 11.4. The smallest absolute Gasteiger partial charge is 0.322 e. The third-order valence-electron chi connectivity index (χ3n) is 7.99. The van der Waals surface area contributed by atoms with Crippen LogP contribution in [0.5, 0.6) is 11.5 Å². The molecule has 3 heterocycles. The maximum Gasteiger partial charge on any atom is 0.322 e. The van der Waals surface area contributed by atoms with Gasteiger partial charge in [-0.2, -0.15) is 5.10 Å². The zero-order valence-electron chi connectivity index (χ0n) is 26.4. The normalized spacial score (nSPS) is 13.7. The van der Waals surface area contributed by atoms with Gasteiger partial charge in [-0.15, -0.1) is 11.3 Å². The number of ether oxygens (including phenoxy) is 2. The van der Waals surface area contributed by atoms with Crippen LogP contribution in [0.2, 0.25) is 0 Å². The van der Waals surface area contributed by atoms with Crippen molar-refractivity contribution in [2.45, 2.75) is 38.3 Å². The molecule has 0 bridgehead atoms. The van der Waals surface area contributed by atoms with Gasteiger partial charge in [-0.1, -0.05) is 0 Å². The minimum absolute atomic E-state index is 0.0118. The van der Waals surface area contributed by atoms with Crippen LogP contribution in [0.3, 0.4) is 0 Å². The van der Waals surface area contributed by atoms with Crippen LogP contribution >= 0.6 is 11.3 Å². The molecule has 1 aliphatic carbocycles. The van der Waals surface area contributed by atoms with Crippen LogP contribution in [0, 0.1) is 17.0 Å². The first-order chi connectivity index (χ1) is 24.0. The summed E-state index contributed by atoms with van der Waals surface area (Å²) in [7, 11) is 0. The van der Waals surface area contributed by atoms with E-state index < -0.39 is 46.8 Å². The van der Waals surface area contributed by atoms with E-state index in [2.05, 4.69) is 20.7 Å². The van der Waals surface area contributed by atoms with Crippen LogP contribution in [0.1, 0.15) is 25.7 Å². The van der Waals surface area contributed by atoms with E-state index >= 15 is 4.39 Å². The number of pyridine rings is 1. The summed E-state index contributed by atoms with van der Waals surface area (Å²) < 4.78 is 41.8. The van der Waals surface area contributed by atoms with Crippen molar-refractivity contribution in [2.75, 3.05) is 17.2 Å². The van der Waals surface area contributed by atoms with Crippen molar-refractivity contribution in [3.05, 3.63) is 84.8 Å². The van der Waals surface area contributed by atoms with E-state index in [4.69, 9.17) is 20.9 Å². The summed E-state index contributed by atoms with van der Waals surface area (Å²) >= 11 is 1.36. The van der Waals surface area contributed by atoms with Crippen LogP contribution in [-0.2, 0) is 30.5 Å². The minimum atomic E-state index is -1.30. The van der Waals surface area contributed by atoms with Crippen molar-refractivity contribution >= 4 is 56.6 Å². The third kappa shape index (κ3) is 7.76. The number of benzene rings is 2. The summed E-state index contributed by atoms with van der Waals surface area (Å²) in [6, 6.07) is 11.7. The molecule has 16 heteroatoms. The number of rotatable bonds is 14. The van der Waals surface area contributed by atoms with Gasteiger partial charge in [0.25, 0.3) is 0 Å². The van der Waals surface area contributed by atoms with Gasteiger partial charge in [0.1, 0.15) is 29.6 Å². The maximum absolute atomic E-state index is 15.3. The second-order valence-electron chi connectivity index (χ2n) is 11.6. The quantitative estimate of drug-likeness (QED) is 0.0935. The first-order valence-corrected chi connectivity index (χ1v) is 16.3. The van der Waals surface area contributed by atoms with E-state index in [1.165, 1.54) is 47.7 Å². The van der Waals surface area contributed by atoms with Gasteiger partial charge in [0, 0.05) is 52.8 Å². The lowest BCUT2D eigenvalue weighted by atomic mass is 10.0. The number of anilines is 2. The molecule has 2 aromatic carbocycles. The molecule has 1 unspecified atom stereocenters. The standard InChI is InChI=1S/C34H31F2N7O6S/c35-20-1-3-21(4-2-20)41-32(46)34(10-11-34)33(47)42-22-5-7-26(23(36)15-22)49-27-9-12-39-25-16-28(50-30(25)27)19-17-40-43(18-19)13-14-48-31(45)24(37)6-8-29(38)44/h1-5,7,9,12,15-18,24H,6,8,10-11,13-14,37H2,(H2,38,44)(H,41,46)(H,42,47). The maximum atomic E-state index is 15.3. The summed E-state index contributed by atoms with van der Waals surface area (Å²) in [4.78, 5) is 54.0.